The van der Waals surface area contributed by atoms with Crippen LogP contribution in [0.2, 0.25) is 0 Å². The Hall–Kier alpha value is -2.04. The SMILES string of the molecule is Cc1ccccc1CCNC(=O)N(C)C(C)(C)C(=O)O. The lowest BCUT2D eigenvalue weighted by atomic mass is 10.0. The van der Waals surface area contributed by atoms with Crippen molar-refractivity contribution in [2.45, 2.75) is 32.7 Å². The van der Waals surface area contributed by atoms with Gasteiger partial charge in [-0.1, -0.05) is 24.3 Å². The van der Waals surface area contributed by atoms with Crippen molar-refractivity contribution in [1.29, 1.82) is 0 Å². The van der Waals surface area contributed by atoms with Crippen LogP contribution in [0.3, 0.4) is 0 Å². The molecule has 0 bridgehead atoms. The van der Waals surface area contributed by atoms with Crippen LogP contribution in [0, 0.1) is 6.92 Å². The minimum absolute atomic E-state index is 0.383. The lowest BCUT2D eigenvalue weighted by Gasteiger charge is -2.31. The molecular weight excluding hydrogens is 256 g/mol. The molecule has 1 aromatic carbocycles. The van der Waals surface area contributed by atoms with E-state index in [-0.39, 0.29) is 6.03 Å². The Morgan fingerprint density at radius 3 is 2.45 bits per heavy atom. The zero-order chi connectivity index (χ0) is 15.3. The molecule has 0 aromatic heterocycles. The molecule has 2 amide bonds. The van der Waals surface area contributed by atoms with Gasteiger partial charge in [-0.05, 0) is 38.3 Å². The Kier molecular flexibility index (Phi) is 5.13. The number of aliphatic carboxylic acids is 1. The number of hydrogen-bond donors (Lipinski definition) is 2. The first-order valence-corrected chi connectivity index (χ1v) is 6.56. The van der Waals surface area contributed by atoms with E-state index in [1.165, 1.54) is 36.9 Å². The number of aryl methyl sites for hydroxylation is 1. The van der Waals surface area contributed by atoms with E-state index in [4.69, 9.17) is 5.11 Å². The molecule has 110 valence electrons. The Labute approximate surface area is 119 Å². The summed E-state index contributed by atoms with van der Waals surface area (Å²) in [5.41, 5.74) is 1.13. The maximum Gasteiger partial charge on any atom is 0.329 e. The van der Waals surface area contributed by atoms with Crippen LogP contribution in [0.4, 0.5) is 4.79 Å². The van der Waals surface area contributed by atoms with E-state index >= 15 is 0 Å². The molecule has 20 heavy (non-hydrogen) atoms. The minimum Gasteiger partial charge on any atom is -0.480 e. The zero-order valence-electron chi connectivity index (χ0n) is 12.4. The van der Waals surface area contributed by atoms with Crippen molar-refractivity contribution < 1.29 is 14.7 Å². The van der Waals surface area contributed by atoms with Gasteiger partial charge in [-0.25, -0.2) is 9.59 Å². The molecule has 5 heteroatoms. The van der Waals surface area contributed by atoms with Gasteiger partial charge in [-0.2, -0.15) is 0 Å². The number of carboxylic acid groups (broad SMARTS) is 1. The average Bonchev–Trinajstić information content (AvgIpc) is 2.39. The number of rotatable bonds is 5. The number of carbonyl (C=O) groups is 2. The van der Waals surface area contributed by atoms with Gasteiger partial charge in [-0.15, -0.1) is 0 Å². The second-order valence-electron chi connectivity index (χ2n) is 5.33. The standard InChI is InChI=1S/C15H22N2O3/c1-11-7-5-6-8-12(11)9-10-16-14(20)17(4)15(2,3)13(18)19/h5-8H,9-10H2,1-4H3,(H,16,20)(H,18,19). The van der Waals surface area contributed by atoms with Gasteiger partial charge in [-0.3, -0.25) is 0 Å². The third-order valence-electron chi connectivity index (χ3n) is 3.60. The highest BCUT2D eigenvalue weighted by Gasteiger charge is 2.35. The Bertz CT molecular complexity index is 498. The molecule has 0 unspecified atom stereocenters. The van der Waals surface area contributed by atoms with Gasteiger partial charge in [0.25, 0.3) is 0 Å². The average molecular weight is 278 g/mol. The van der Waals surface area contributed by atoms with Crippen LogP contribution in [-0.4, -0.2) is 41.1 Å². The first-order chi connectivity index (χ1) is 9.26. The number of likely N-dealkylation sites (N-methyl/N-ethyl adjacent to an activating group) is 1. The lowest BCUT2D eigenvalue weighted by Crippen LogP contribution is -2.54. The van der Waals surface area contributed by atoms with E-state index in [1.807, 2.05) is 31.2 Å². The molecule has 0 fully saturated rings. The predicted octanol–water partition coefficient (Wildman–Crippen LogP) is 2.04. The quantitative estimate of drug-likeness (QED) is 0.866. The second kappa shape index (κ2) is 6.41. The van der Waals surface area contributed by atoms with Gasteiger partial charge in [0.2, 0.25) is 0 Å². The first kappa shape index (κ1) is 16.0. The summed E-state index contributed by atoms with van der Waals surface area (Å²) in [6.45, 7) is 5.49. The fourth-order valence-electron chi connectivity index (χ4n) is 1.71. The zero-order valence-corrected chi connectivity index (χ0v) is 12.4. The number of benzene rings is 1. The first-order valence-electron chi connectivity index (χ1n) is 6.56. The van der Waals surface area contributed by atoms with E-state index in [0.717, 1.165) is 6.42 Å². The number of carboxylic acids is 1. The summed E-state index contributed by atoms with van der Waals surface area (Å²) < 4.78 is 0. The van der Waals surface area contributed by atoms with E-state index in [0.29, 0.717) is 6.54 Å². The molecule has 0 aliphatic carbocycles. The molecule has 1 rings (SSSR count). The van der Waals surface area contributed by atoms with Crippen LogP contribution >= 0.6 is 0 Å². The van der Waals surface area contributed by atoms with Crippen LogP contribution in [0.25, 0.3) is 0 Å². The summed E-state index contributed by atoms with van der Waals surface area (Å²) in [5, 5.41) is 11.8. The molecule has 5 nitrogen and oxygen atoms in total. The number of amides is 2. The van der Waals surface area contributed by atoms with E-state index in [2.05, 4.69) is 5.32 Å². The third kappa shape index (κ3) is 3.73. The predicted molar refractivity (Wildman–Crippen MR) is 77.8 cm³/mol. The number of carbonyl (C=O) groups excluding carboxylic acids is 1. The van der Waals surface area contributed by atoms with Crippen molar-refractivity contribution >= 4 is 12.0 Å². The van der Waals surface area contributed by atoms with Crippen LogP contribution < -0.4 is 5.32 Å². The Morgan fingerprint density at radius 1 is 1.30 bits per heavy atom. The Balaban J connectivity index is 2.52. The summed E-state index contributed by atoms with van der Waals surface area (Å²) in [5.74, 6) is -1.03. The molecule has 0 aliphatic rings. The molecule has 0 heterocycles. The van der Waals surface area contributed by atoms with Crippen molar-refractivity contribution in [3.8, 4) is 0 Å². The topological polar surface area (TPSA) is 69.6 Å². The van der Waals surface area contributed by atoms with Crippen LogP contribution in [0.1, 0.15) is 25.0 Å². The molecule has 0 saturated heterocycles. The normalized spacial score (nSPS) is 11.0. The van der Waals surface area contributed by atoms with Crippen LogP contribution in [0.15, 0.2) is 24.3 Å². The molecular formula is C15H22N2O3. The largest absolute Gasteiger partial charge is 0.480 e. The van der Waals surface area contributed by atoms with Crippen molar-refractivity contribution in [1.82, 2.24) is 10.2 Å². The fourth-order valence-corrected chi connectivity index (χ4v) is 1.71. The highest BCUT2D eigenvalue weighted by Crippen LogP contribution is 2.12. The maximum atomic E-state index is 11.9. The molecule has 0 spiro atoms. The van der Waals surface area contributed by atoms with Crippen LogP contribution in [-0.2, 0) is 11.2 Å². The number of urea groups is 1. The molecule has 0 aliphatic heterocycles. The molecule has 1 aromatic rings. The maximum absolute atomic E-state index is 11.9. The van der Waals surface area contributed by atoms with Crippen molar-refractivity contribution in [3.63, 3.8) is 0 Å². The number of hydrogen-bond acceptors (Lipinski definition) is 2. The summed E-state index contributed by atoms with van der Waals surface area (Å²) in [4.78, 5) is 24.2. The van der Waals surface area contributed by atoms with E-state index in [1.54, 1.807) is 0 Å². The molecule has 2 N–H and O–H groups in total. The van der Waals surface area contributed by atoms with Crippen molar-refractivity contribution in [3.05, 3.63) is 35.4 Å². The van der Waals surface area contributed by atoms with Gasteiger partial charge in [0.1, 0.15) is 5.54 Å². The highest BCUT2D eigenvalue weighted by atomic mass is 16.4. The summed E-state index contributed by atoms with van der Waals surface area (Å²) in [7, 11) is 1.48. The van der Waals surface area contributed by atoms with Crippen LogP contribution in [0.5, 0.6) is 0 Å². The van der Waals surface area contributed by atoms with E-state index < -0.39 is 11.5 Å². The smallest absolute Gasteiger partial charge is 0.329 e. The van der Waals surface area contributed by atoms with Gasteiger partial charge >= 0.3 is 12.0 Å². The molecule has 0 saturated carbocycles. The Morgan fingerprint density at radius 2 is 1.90 bits per heavy atom. The fraction of sp³-hybridized carbons (Fsp3) is 0.467. The summed E-state index contributed by atoms with van der Waals surface area (Å²) >= 11 is 0. The monoisotopic (exact) mass is 278 g/mol. The molecule has 0 atom stereocenters. The molecule has 0 radical (unpaired) electrons. The number of nitrogens with zero attached hydrogens (tertiary/aromatic N) is 1. The van der Waals surface area contributed by atoms with Crippen molar-refractivity contribution in [2.75, 3.05) is 13.6 Å². The highest BCUT2D eigenvalue weighted by molar-refractivity contribution is 5.85. The second-order valence-corrected chi connectivity index (χ2v) is 5.33. The number of nitrogens with one attached hydrogen (secondary N) is 1. The third-order valence-corrected chi connectivity index (χ3v) is 3.60. The minimum atomic E-state index is -1.23. The summed E-state index contributed by atoms with van der Waals surface area (Å²) in [6.07, 6.45) is 0.722. The van der Waals surface area contributed by atoms with Gasteiger partial charge < -0.3 is 15.3 Å². The van der Waals surface area contributed by atoms with Crippen molar-refractivity contribution in [2.24, 2.45) is 0 Å². The van der Waals surface area contributed by atoms with Gasteiger partial charge in [0, 0.05) is 13.6 Å². The summed E-state index contributed by atoms with van der Waals surface area (Å²) in [6, 6.07) is 7.60. The van der Waals surface area contributed by atoms with Gasteiger partial charge in [0.15, 0.2) is 0 Å². The van der Waals surface area contributed by atoms with E-state index in [9.17, 15) is 9.59 Å². The lowest BCUT2D eigenvalue weighted by molar-refractivity contribution is -0.146. The van der Waals surface area contributed by atoms with Gasteiger partial charge in [0.05, 0.1) is 0 Å².